The number of anilines is 1. The highest BCUT2D eigenvalue weighted by Crippen LogP contribution is 2.26. The standard InChI is InChI=1S/C19H17N3O2S/c1-13-7-9-15(10-8-13)18-21-22-19(25-18)20-17(23)12-11-14-5-3-4-6-16(14)24-2/h3-12H,1-2H3,(H,20,22,23)/b12-11+. The van der Waals surface area contributed by atoms with Crippen LogP contribution in [0.1, 0.15) is 11.1 Å². The van der Waals surface area contributed by atoms with Gasteiger partial charge < -0.3 is 4.74 Å². The zero-order valence-electron chi connectivity index (χ0n) is 13.9. The van der Waals surface area contributed by atoms with Crippen LogP contribution in [0.2, 0.25) is 0 Å². The number of amides is 1. The van der Waals surface area contributed by atoms with E-state index in [1.165, 1.54) is 23.0 Å². The average Bonchev–Trinajstić information content (AvgIpc) is 3.09. The van der Waals surface area contributed by atoms with Gasteiger partial charge in [-0.15, -0.1) is 10.2 Å². The van der Waals surface area contributed by atoms with Crippen molar-refractivity contribution in [3.8, 4) is 16.3 Å². The first-order valence-corrected chi connectivity index (χ1v) is 8.50. The number of hydrogen-bond acceptors (Lipinski definition) is 5. The van der Waals surface area contributed by atoms with Gasteiger partial charge in [-0.25, -0.2) is 0 Å². The van der Waals surface area contributed by atoms with Crippen molar-refractivity contribution in [1.29, 1.82) is 0 Å². The van der Waals surface area contributed by atoms with E-state index in [-0.39, 0.29) is 5.91 Å². The van der Waals surface area contributed by atoms with E-state index in [0.29, 0.717) is 10.9 Å². The lowest BCUT2D eigenvalue weighted by atomic mass is 10.2. The third-order valence-corrected chi connectivity index (χ3v) is 4.39. The van der Waals surface area contributed by atoms with Gasteiger partial charge in [0.15, 0.2) is 0 Å². The first-order valence-electron chi connectivity index (χ1n) is 7.68. The van der Waals surface area contributed by atoms with Gasteiger partial charge in [0.1, 0.15) is 10.8 Å². The second-order valence-electron chi connectivity index (χ2n) is 5.34. The predicted molar refractivity (Wildman–Crippen MR) is 101 cm³/mol. The summed E-state index contributed by atoms with van der Waals surface area (Å²) in [5, 5.41) is 12.1. The van der Waals surface area contributed by atoms with Gasteiger partial charge in [-0.1, -0.05) is 59.4 Å². The van der Waals surface area contributed by atoms with Crippen LogP contribution in [-0.4, -0.2) is 23.2 Å². The van der Waals surface area contributed by atoms with Crippen LogP contribution in [0.25, 0.3) is 16.6 Å². The SMILES string of the molecule is COc1ccccc1/C=C/C(=O)Nc1nnc(-c2ccc(C)cc2)s1. The summed E-state index contributed by atoms with van der Waals surface area (Å²) in [5.41, 5.74) is 2.99. The van der Waals surface area contributed by atoms with Crippen molar-refractivity contribution < 1.29 is 9.53 Å². The van der Waals surface area contributed by atoms with Crippen molar-refractivity contribution in [1.82, 2.24) is 10.2 Å². The molecular weight excluding hydrogens is 334 g/mol. The van der Waals surface area contributed by atoms with Crippen LogP contribution in [0, 0.1) is 6.92 Å². The third kappa shape index (κ3) is 4.30. The molecule has 0 saturated heterocycles. The molecule has 0 atom stereocenters. The van der Waals surface area contributed by atoms with E-state index in [9.17, 15) is 4.79 Å². The van der Waals surface area contributed by atoms with E-state index in [2.05, 4.69) is 15.5 Å². The van der Waals surface area contributed by atoms with Crippen molar-refractivity contribution >= 4 is 28.5 Å². The van der Waals surface area contributed by atoms with Crippen LogP contribution in [-0.2, 0) is 4.79 Å². The maximum Gasteiger partial charge on any atom is 0.250 e. The number of aromatic nitrogens is 2. The van der Waals surface area contributed by atoms with Crippen LogP contribution in [0.5, 0.6) is 5.75 Å². The summed E-state index contributed by atoms with van der Waals surface area (Å²) in [6.07, 6.45) is 3.15. The Morgan fingerprint density at radius 2 is 1.88 bits per heavy atom. The fraction of sp³-hybridized carbons (Fsp3) is 0.105. The van der Waals surface area contributed by atoms with Crippen molar-refractivity contribution in [2.24, 2.45) is 0 Å². The van der Waals surface area contributed by atoms with Gasteiger partial charge in [-0.05, 0) is 19.1 Å². The first-order chi connectivity index (χ1) is 12.2. The number of nitrogens with zero attached hydrogens (tertiary/aromatic N) is 2. The largest absolute Gasteiger partial charge is 0.496 e. The highest BCUT2D eigenvalue weighted by Gasteiger charge is 2.08. The van der Waals surface area contributed by atoms with E-state index in [1.807, 2.05) is 55.5 Å². The van der Waals surface area contributed by atoms with Gasteiger partial charge in [0, 0.05) is 17.2 Å². The number of para-hydroxylation sites is 1. The van der Waals surface area contributed by atoms with Gasteiger partial charge in [-0.2, -0.15) is 0 Å². The number of carbonyl (C=O) groups is 1. The molecule has 0 fully saturated rings. The van der Waals surface area contributed by atoms with Gasteiger partial charge >= 0.3 is 0 Å². The number of methoxy groups -OCH3 is 1. The number of nitrogens with one attached hydrogen (secondary N) is 1. The molecule has 1 aromatic heterocycles. The molecule has 6 heteroatoms. The lowest BCUT2D eigenvalue weighted by Gasteiger charge is -2.03. The quantitative estimate of drug-likeness (QED) is 0.701. The number of ether oxygens (including phenoxy) is 1. The smallest absolute Gasteiger partial charge is 0.250 e. The van der Waals surface area contributed by atoms with E-state index in [4.69, 9.17) is 4.74 Å². The van der Waals surface area contributed by atoms with Gasteiger partial charge in [0.2, 0.25) is 11.0 Å². The summed E-state index contributed by atoms with van der Waals surface area (Å²) in [6, 6.07) is 15.5. The fourth-order valence-electron chi connectivity index (χ4n) is 2.20. The molecule has 3 aromatic rings. The Kier molecular flexibility index (Phi) is 5.20. The van der Waals surface area contributed by atoms with Gasteiger partial charge in [0.05, 0.1) is 7.11 Å². The number of benzene rings is 2. The fourth-order valence-corrected chi connectivity index (χ4v) is 2.96. The third-order valence-electron chi connectivity index (χ3n) is 3.51. The molecule has 1 heterocycles. The molecule has 0 bridgehead atoms. The number of aryl methyl sites for hydroxylation is 1. The first kappa shape index (κ1) is 16.9. The van der Waals surface area contributed by atoms with Gasteiger partial charge in [0.25, 0.3) is 0 Å². The van der Waals surface area contributed by atoms with Crippen LogP contribution in [0.3, 0.4) is 0 Å². The Bertz CT molecular complexity index is 901. The second kappa shape index (κ2) is 7.72. The van der Waals surface area contributed by atoms with Crippen LogP contribution < -0.4 is 10.1 Å². The normalized spacial score (nSPS) is 10.8. The Hall–Kier alpha value is -2.99. The Labute approximate surface area is 150 Å². The highest BCUT2D eigenvalue weighted by molar-refractivity contribution is 7.18. The minimum atomic E-state index is -0.266. The van der Waals surface area contributed by atoms with Crippen LogP contribution in [0.15, 0.2) is 54.6 Å². The van der Waals surface area contributed by atoms with Gasteiger partial charge in [-0.3, -0.25) is 10.1 Å². The van der Waals surface area contributed by atoms with Crippen molar-refractivity contribution in [3.63, 3.8) is 0 Å². The van der Waals surface area contributed by atoms with E-state index < -0.39 is 0 Å². The maximum absolute atomic E-state index is 12.1. The zero-order chi connectivity index (χ0) is 17.6. The molecule has 25 heavy (non-hydrogen) atoms. The molecule has 0 saturated carbocycles. The zero-order valence-corrected chi connectivity index (χ0v) is 14.7. The minimum Gasteiger partial charge on any atom is -0.496 e. The molecular formula is C19H17N3O2S. The van der Waals surface area contributed by atoms with E-state index >= 15 is 0 Å². The van der Waals surface area contributed by atoms with Crippen molar-refractivity contribution in [2.45, 2.75) is 6.92 Å². The van der Waals surface area contributed by atoms with E-state index in [0.717, 1.165) is 16.1 Å². The molecule has 0 spiro atoms. The minimum absolute atomic E-state index is 0.266. The van der Waals surface area contributed by atoms with Crippen LogP contribution in [0.4, 0.5) is 5.13 Å². The Morgan fingerprint density at radius 3 is 2.64 bits per heavy atom. The molecule has 0 aliphatic rings. The summed E-state index contributed by atoms with van der Waals surface area (Å²) >= 11 is 1.34. The van der Waals surface area contributed by atoms with Crippen molar-refractivity contribution in [3.05, 3.63) is 65.7 Å². The summed E-state index contributed by atoms with van der Waals surface area (Å²) in [7, 11) is 1.60. The van der Waals surface area contributed by atoms with Crippen LogP contribution >= 0.6 is 11.3 Å². The molecule has 2 aromatic carbocycles. The summed E-state index contributed by atoms with van der Waals surface area (Å²) in [4.78, 5) is 12.1. The average molecular weight is 351 g/mol. The predicted octanol–water partition coefficient (Wildman–Crippen LogP) is 4.17. The number of rotatable bonds is 5. The molecule has 1 amide bonds. The summed E-state index contributed by atoms with van der Waals surface area (Å²) < 4.78 is 5.25. The topological polar surface area (TPSA) is 64.1 Å². The number of carbonyl (C=O) groups excluding carboxylic acids is 1. The lowest BCUT2D eigenvalue weighted by Crippen LogP contribution is -2.07. The molecule has 0 aliphatic heterocycles. The molecule has 0 unspecified atom stereocenters. The lowest BCUT2D eigenvalue weighted by molar-refractivity contribution is -0.111. The molecule has 0 radical (unpaired) electrons. The number of hydrogen-bond donors (Lipinski definition) is 1. The van der Waals surface area contributed by atoms with E-state index in [1.54, 1.807) is 13.2 Å². The highest BCUT2D eigenvalue weighted by atomic mass is 32.1. The molecule has 5 nitrogen and oxygen atoms in total. The summed E-state index contributed by atoms with van der Waals surface area (Å²) in [6.45, 7) is 2.03. The van der Waals surface area contributed by atoms with Crippen molar-refractivity contribution in [2.75, 3.05) is 12.4 Å². The molecule has 0 aliphatic carbocycles. The molecule has 126 valence electrons. The molecule has 1 N–H and O–H groups in total. The monoisotopic (exact) mass is 351 g/mol. The molecule has 3 rings (SSSR count). The Balaban J connectivity index is 1.67. The Morgan fingerprint density at radius 1 is 1.12 bits per heavy atom. The maximum atomic E-state index is 12.1. The second-order valence-corrected chi connectivity index (χ2v) is 6.32. The summed E-state index contributed by atoms with van der Waals surface area (Å²) in [5.74, 6) is 0.446.